The molecule has 26 heavy (non-hydrogen) atoms. The van der Waals surface area contributed by atoms with Gasteiger partial charge in [-0.15, -0.1) is 0 Å². The van der Waals surface area contributed by atoms with Crippen molar-refractivity contribution in [1.29, 1.82) is 0 Å². The number of thioether (sulfide) groups is 1. The fraction of sp³-hybridized carbons (Fsp3) is 0.905. The van der Waals surface area contributed by atoms with Gasteiger partial charge in [0.2, 0.25) is 5.91 Å². The van der Waals surface area contributed by atoms with Crippen LogP contribution in [0.3, 0.4) is 0 Å². The lowest BCUT2D eigenvalue weighted by Gasteiger charge is -2.08. The van der Waals surface area contributed by atoms with Crippen molar-refractivity contribution in [2.24, 2.45) is 5.73 Å². The number of nitrogens with zero attached hydrogens (tertiary/aromatic N) is 1. The van der Waals surface area contributed by atoms with Gasteiger partial charge in [0, 0.05) is 25.0 Å². The molecule has 0 aromatic rings. The van der Waals surface area contributed by atoms with Gasteiger partial charge in [-0.25, -0.2) is 0 Å². The average molecular weight is 387 g/mol. The maximum absolute atomic E-state index is 11.8. The van der Waals surface area contributed by atoms with Crippen LogP contribution >= 0.6 is 11.8 Å². The summed E-state index contributed by atoms with van der Waals surface area (Å²) in [6.07, 6.45) is 15.6. The van der Waals surface area contributed by atoms with Crippen LogP contribution in [-0.4, -0.2) is 48.7 Å². The summed E-state index contributed by atoms with van der Waals surface area (Å²) in [5.74, 6) is 2.28. The van der Waals surface area contributed by atoms with Crippen LogP contribution < -0.4 is 5.73 Å². The van der Waals surface area contributed by atoms with Gasteiger partial charge in [0.1, 0.15) is 5.78 Å². The second-order valence-corrected chi connectivity index (χ2v) is 8.78. The fourth-order valence-corrected chi connectivity index (χ4v) is 3.87. The predicted molar refractivity (Wildman–Crippen MR) is 115 cm³/mol. The largest absolute Gasteiger partial charge is 0.370 e. The summed E-state index contributed by atoms with van der Waals surface area (Å²) in [6, 6.07) is 0. The molecule has 2 N–H and O–H groups in total. The lowest BCUT2D eigenvalue weighted by molar-refractivity contribution is -0.119. The van der Waals surface area contributed by atoms with Gasteiger partial charge in [0.25, 0.3) is 0 Å². The molecule has 0 rings (SSSR count). The summed E-state index contributed by atoms with van der Waals surface area (Å²) < 4.78 is 0. The van der Waals surface area contributed by atoms with Crippen LogP contribution in [-0.2, 0) is 9.59 Å². The molecule has 0 aliphatic rings. The fourth-order valence-electron chi connectivity index (χ4n) is 2.91. The van der Waals surface area contributed by atoms with Gasteiger partial charge in [-0.3, -0.25) is 9.59 Å². The topological polar surface area (TPSA) is 63.4 Å². The lowest BCUT2D eigenvalue weighted by atomic mass is 10.0. The Labute approximate surface area is 166 Å². The summed E-state index contributed by atoms with van der Waals surface area (Å²) >= 11 is 1.84. The maximum Gasteiger partial charge on any atom is 0.218 e. The Bertz CT molecular complexity index is 349. The molecule has 154 valence electrons. The minimum atomic E-state index is -0.193. The van der Waals surface area contributed by atoms with Crippen molar-refractivity contribution in [3.05, 3.63) is 0 Å². The Morgan fingerprint density at radius 2 is 1.19 bits per heavy atom. The number of Topliss-reactive ketones (excluding diaryl/α,β-unsaturated/α-hetero) is 1. The first-order valence-corrected chi connectivity index (χ1v) is 11.7. The molecule has 0 atom stereocenters. The summed E-state index contributed by atoms with van der Waals surface area (Å²) in [7, 11) is 4.16. The Hall–Kier alpha value is -0.550. The highest BCUT2D eigenvalue weighted by atomic mass is 32.2. The van der Waals surface area contributed by atoms with Crippen LogP contribution in [0, 0.1) is 0 Å². The number of carbonyl (C=O) groups is 2. The number of amides is 1. The lowest BCUT2D eigenvalue weighted by Crippen LogP contribution is -2.13. The number of hydrogen-bond donors (Lipinski definition) is 1. The maximum atomic E-state index is 11.8. The van der Waals surface area contributed by atoms with Crippen molar-refractivity contribution < 1.29 is 9.59 Å². The molecular weight excluding hydrogens is 344 g/mol. The Morgan fingerprint density at radius 1 is 0.692 bits per heavy atom. The predicted octanol–water partition coefficient (Wildman–Crippen LogP) is 4.80. The molecule has 5 heteroatoms. The van der Waals surface area contributed by atoms with E-state index >= 15 is 0 Å². The van der Waals surface area contributed by atoms with Crippen molar-refractivity contribution in [2.45, 2.75) is 89.9 Å². The number of rotatable bonds is 20. The third-order valence-corrected chi connectivity index (χ3v) is 5.62. The van der Waals surface area contributed by atoms with Gasteiger partial charge in [-0.05, 0) is 52.1 Å². The molecule has 0 bridgehead atoms. The zero-order valence-corrected chi connectivity index (χ0v) is 18.1. The Morgan fingerprint density at radius 3 is 1.73 bits per heavy atom. The molecule has 4 nitrogen and oxygen atoms in total. The average Bonchev–Trinajstić information content (AvgIpc) is 2.58. The van der Waals surface area contributed by atoms with E-state index < -0.39 is 0 Å². The van der Waals surface area contributed by atoms with Gasteiger partial charge < -0.3 is 10.6 Å². The first-order valence-electron chi connectivity index (χ1n) is 10.5. The Kier molecular flexibility index (Phi) is 18.8. The van der Waals surface area contributed by atoms with Gasteiger partial charge in [0.05, 0.1) is 0 Å². The molecule has 0 spiro atoms. The third kappa shape index (κ3) is 21.5. The molecular formula is C21H42N2O2S. The molecule has 0 saturated heterocycles. The number of hydrogen-bond acceptors (Lipinski definition) is 4. The second kappa shape index (κ2) is 19.2. The van der Waals surface area contributed by atoms with Crippen molar-refractivity contribution in [3.8, 4) is 0 Å². The van der Waals surface area contributed by atoms with E-state index in [4.69, 9.17) is 5.73 Å². The number of unbranched alkanes of at least 4 members (excludes halogenated alkanes) is 9. The van der Waals surface area contributed by atoms with Crippen LogP contribution in [0.1, 0.15) is 89.9 Å². The molecule has 0 aliphatic carbocycles. The molecule has 0 aliphatic heterocycles. The highest BCUT2D eigenvalue weighted by Crippen LogP contribution is 2.13. The highest BCUT2D eigenvalue weighted by molar-refractivity contribution is 7.99. The molecule has 0 fully saturated rings. The summed E-state index contributed by atoms with van der Waals surface area (Å²) in [6.45, 7) is 1.08. The molecule has 0 unspecified atom stereocenters. The second-order valence-electron chi connectivity index (χ2n) is 7.56. The van der Waals surface area contributed by atoms with Crippen molar-refractivity contribution in [3.63, 3.8) is 0 Å². The molecule has 1 amide bonds. The first-order chi connectivity index (χ1) is 12.5. The Balaban J connectivity index is 3.15. The molecule has 0 radical (unpaired) electrons. The minimum absolute atomic E-state index is 0.193. The van der Waals surface area contributed by atoms with E-state index in [1.165, 1.54) is 51.4 Å². The van der Waals surface area contributed by atoms with Gasteiger partial charge >= 0.3 is 0 Å². The monoisotopic (exact) mass is 386 g/mol. The SMILES string of the molecule is CN(C)CCCCC(=O)CCCCCCCCCCCSCCC(N)=O. The highest BCUT2D eigenvalue weighted by Gasteiger charge is 2.02. The number of primary amides is 1. The van der Waals surface area contributed by atoms with E-state index in [-0.39, 0.29) is 5.91 Å². The first kappa shape index (κ1) is 25.4. The zero-order valence-electron chi connectivity index (χ0n) is 17.3. The molecule has 0 aromatic carbocycles. The van der Waals surface area contributed by atoms with E-state index in [2.05, 4.69) is 19.0 Å². The summed E-state index contributed by atoms with van der Waals surface area (Å²) in [5.41, 5.74) is 5.11. The van der Waals surface area contributed by atoms with Crippen molar-refractivity contribution in [2.75, 3.05) is 32.1 Å². The number of carbonyl (C=O) groups excluding carboxylic acids is 2. The third-order valence-electron chi connectivity index (χ3n) is 4.55. The molecule has 0 aromatic heterocycles. The van der Waals surface area contributed by atoms with E-state index in [1.807, 2.05) is 11.8 Å². The smallest absolute Gasteiger partial charge is 0.218 e. The summed E-state index contributed by atoms with van der Waals surface area (Å²) in [5, 5.41) is 0. The number of ketones is 1. The van der Waals surface area contributed by atoms with Crippen LogP contribution in [0.2, 0.25) is 0 Å². The quantitative estimate of drug-likeness (QED) is 0.305. The van der Waals surface area contributed by atoms with Crippen LogP contribution in [0.15, 0.2) is 0 Å². The van der Waals surface area contributed by atoms with E-state index in [0.29, 0.717) is 12.2 Å². The normalized spacial score (nSPS) is 11.2. The standard InChI is InChI=1S/C21H42N2O2S/c1-23(2)17-12-11-15-20(24)14-10-8-6-4-3-5-7-9-13-18-26-19-16-21(22)25/h3-19H2,1-2H3,(H2,22,25). The van der Waals surface area contributed by atoms with Gasteiger partial charge in [-0.2, -0.15) is 11.8 Å². The van der Waals surface area contributed by atoms with Gasteiger partial charge in [-0.1, -0.05) is 44.9 Å². The van der Waals surface area contributed by atoms with Crippen LogP contribution in [0.5, 0.6) is 0 Å². The van der Waals surface area contributed by atoms with E-state index in [1.54, 1.807) is 0 Å². The zero-order chi connectivity index (χ0) is 19.5. The van der Waals surface area contributed by atoms with Crippen LogP contribution in [0.4, 0.5) is 0 Å². The number of nitrogens with two attached hydrogens (primary N) is 1. The van der Waals surface area contributed by atoms with Crippen LogP contribution in [0.25, 0.3) is 0 Å². The van der Waals surface area contributed by atoms with Crippen molar-refractivity contribution in [1.82, 2.24) is 4.90 Å². The minimum Gasteiger partial charge on any atom is -0.370 e. The summed E-state index contributed by atoms with van der Waals surface area (Å²) in [4.78, 5) is 24.6. The van der Waals surface area contributed by atoms with E-state index in [9.17, 15) is 9.59 Å². The van der Waals surface area contributed by atoms with Crippen molar-refractivity contribution >= 4 is 23.5 Å². The van der Waals surface area contributed by atoms with E-state index in [0.717, 1.165) is 50.2 Å². The molecule has 0 saturated carbocycles. The molecule has 0 heterocycles. The van der Waals surface area contributed by atoms with Gasteiger partial charge in [0.15, 0.2) is 0 Å².